The van der Waals surface area contributed by atoms with Crippen molar-refractivity contribution in [1.82, 2.24) is 10.3 Å². The van der Waals surface area contributed by atoms with Gasteiger partial charge < -0.3 is 15.0 Å². The number of benzene rings is 1. The molecule has 1 aromatic heterocycles. The summed E-state index contributed by atoms with van der Waals surface area (Å²) in [5, 5.41) is 2.88. The molecule has 0 bridgehead atoms. The number of H-pyrrole nitrogens is 1. The number of hydrogen-bond acceptors (Lipinski definition) is 3. The van der Waals surface area contributed by atoms with Crippen molar-refractivity contribution in [2.24, 2.45) is 0 Å². The lowest BCUT2D eigenvalue weighted by Gasteiger charge is -2.17. The smallest absolute Gasteiger partial charge is 0.264 e. The first kappa shape index (κ1) is 14.4. The van der Waals surface area contributed by atoms with E-state index < -0.39 is 11.5 Å². The Kier molecular flexibility index (Phi) is 3.71. The highest BCUT2D eigenvalue weighted by Crippen LogP contribution is 2.47. The monoisotopic (exact) mass is 298 g/mol. The van der Waals surface area contributed by atoms with Crippen LogP contribution in [0.4, 0.5) is 0 Å². The second kappa shape index (κ2) is 5.67. The van der Waals surface area contributed by atoms with Crippen LogP contribution in [0.3, 0.4) is 0 Å². The molecule has 1 heterocycles. The summed E-state index contributed by atoms with van der Waals surface area (Å²) in [5.74, 6) is -0.119. The molecular formula is C17H18N2O3. The molecule has 1 fully saturated rings. The molecular weight excluding hydrogens is 280 g/mol. The number of nitrogens with one attached hydrogen (secondary N) is 2. The Morgan fingerprint density at radius 2 is 2.00 bits per heavy atom. The summed E-state index contributed by atoms with van der Waals surface area (Å²) in [5.41, 5.74) is 0.811. The van der Waals surface area contributed by atoms with E-state index in [0.717, 1.165) is 12.8 Å². The molecule has 0 spiro atoms. The van der Waals surface area contributed by atoms with Gasteiger partial charge >= 0.3 is 0 Å². The third-order valence-electron chi connectivity index (χ3n) is 4.20. The van der Waals surface area contributed by atoms with Crippen molar-refractivity contribution < 1.29 is 9.53 Å². The Morgan fingerprint density at radius 1 is 1.27 bits per heavy atom. The SMILES string of the molecule is COc1cc[nH]c(=O)c1C(=O)NCC1(c2ccccc2)CC1. The van der Waals surface area contributed by atoms with Crippen LogP contribution < -0.4 is 15.6 Å². The summed E-state index contributed by atoms with van der Waals surface area (Å²) in [6.45, 7) is 0.521. The van der Waals surface area contributed by atoms with Gasteiger partial charge in [0.1, 0.15) is 11.3 Å². The van der Waals surface area contributed by atoms with Crippen LogP contribution in [-0.2, 0) is 5.41 Å². The van der Waals surface area contributed by atoms with Crippen LogP contribution in [0.2, 0.25) is 0 Å². The zero-order valence-corrected chi connectivity index (χ0v) is 12.4. The minimum atomic E-state index is -0.443. The van der Waals surface area contributed by atoms with E-state index in [1.54, 1.807) is 6.07 Å². The summed E-state index contributed by atoms with van der Waals surface area (Å²) >= 11 is 0. The third kappa shape index (κ3) is 2.62. The molecule has 5 nitrogen and oxygen atoms in total. The molecule has 1 aliphatic rings. The molecule has 0 radical (unpaired) electrons. The van der Waals surface area contributed by atoms with Gasteiger partial charge in [0.2, 0.25) is 0 Å². The molecule has 3 rings (SSSR count). The largest absolute Gasteiger partial charge is 0.496 e. The van der Waals surface area contributed by atoms with Gasteiger partial charge in [-0.15, -0.1) is 0 Å². The Morgan fingerprint density at radius 3 is 2.64 bits per heavy atom. The van der Waals surface area contributed by atoms with E-state index >= 15 is 0 Å². The van der Waals surface area contributed by atoms with Crippen LogP contribution in [0, 0.1) is 0 Å². The number of pyridine rings is 1. The first-order valence-corrected chi connectivity index (χ1v) is 7.26. The molecule has 1 amide bonds. The topological polar surface area (TPSA) is 71.2 Å². The van der Waals surface area contributed by atoms with Crippen LogP contribution in [-0.4, -0.2) is 24.5 Å². The third-order valence-corrected chi connectivity index (χ3v) is 4.20. The predicted octanol–water partition coefficient (Wildman–Crippen LogP) is 1.85. The second-order valence-electron chi connectivity index (χ2n) is 5.58. The van der Waals surface area contributed by atoms with Crippen molar-refractivity contribution in [3.05, 3.63) is 64.1 Å². The Hall–Kier alpha value is -2.56. The number of amides is 1. The number of aromatic nitrogens is 1. The molecule has 0 atom stereocenters. The molecule has 2 N–H and O–H groups in total. The molecule has 1 aliphatic carbocycles. The lowest BCUT2D eigenvalue weighted by Crippen LogP contribution is -2.35. The zero-order chi connectivity index (χ0) is 15.6. The lowest BCUT2D eigenvalue weighted by molar-refractivity contribution is 0.0945. The highest BCUT2D eigenvalue weighted by Gasteiger charge is 2.44. The summed E-state index contributed by atoms with van der Waals surface area (Å²) in [6, 6.07) is 11.7. The fourth-order valence-corrected chi connectivity index (χ4v) is 2.69. The van der Waals surface area contributed by atoms with E-state index in [4.69, 9.17) is 4.74 Å². The van der Waals surface area contributed by atoms with Gasteiger partial charge in [0.25, 0.3) is 11.5 Å². The summed E-state index contributed by atoms with van der Waals surface area (Å²) in [7, 11) is 1.44. The molecule has 2 aromatic rings. The van der Waals surface area contributed by atoms with Crippen molar-refractivity contribution in [1.29, 1.82) is 0 Å². The normalized spacial score (nSPS) is 15.1. The van der Waals surface area contributed by atoms with E-state index in [1.807, 2.05) is 18.2 Å². The van der Waals surface area contributed by atoms with Gasteiger partial charge in [-0.3, -0.25) is 9.59 Å². The zero-order valence-electron chi connectivity index (χ0n) is 12.4. The maximum Gasteiger partial charge on any atom is 0.264 e. The van der Waals surface area contributed by atoms with Gasteiger partial charge in [-0.1, -0.05) is 30.3 Å². The fourth-order valence-electron chi connectivity index (χ4n) is 2.69. The van der Waals surface area contributed by atoms with Gasteiger partial charge in [-0.2, -0.15) is 0 Å². The molecule has 1 aromatic carbocycles. The highest BCUT2D eigenvalue weighted by molar-refractivity contribution is 5.96. The average Bonchev–Trinajstić information content (AvgIpc) is 3.34. The molecule has 1 saturated carbocycles. The summed E-state index contributed by atoms with van der Waals surface area (Å²) in [4.78, 5) is 26.7. The minimum Gasteiger partial charge on any atom is -0.496 e. The Balaban J connectivity index is 1.75. The maximum atomic E-state index is 12.3. The molecule has 0 unspecified atom stereocenters. The Bertz CT molecular complexity index is 733. The Labute approximate surface area is 128 Å². The van der Waals surface area contributed by atoms with Crippen molar-refractivity contribution in [3.63, 3.8) is 0 Å². The van der Waals surface area contributed by atoms with Crippen molar-refractivity contribution in [2.45, 2.75) is 18.3 Å². The number of methoxy groups -OCH3 is 1. The van der Waals surface area contributed by atoms with Gasteiger partial charge in [-0.25, -0.2) is 0 Å². The van der Waals surface area contributed by atoms with Crippen LogP contribution in [0.15, 0.2) is 47.4 Å². The lowest BCUT2D eigenvalue weighted by atomic mass is 9.96. The van der Waals surface area contributed by atoms with Crippen molar-refractivity contribution in [3.8, 4) is 5.75 Å². The van der Waals surface area contributed by atoms with Crippen molar-refractivity contribution in [2.75, 3.05) is 13.7 Å². The van der Waals surface area contributed by atoms with Gasteiger partial charge in [0, 0.05) is 18.2 Å². The van der Waals surface area contributed by atoms with Crippen LogP contribution >= 0.6 is 0 Å². The van der Waals surface area contributed by atoms with E-state index in [0.29, 0.717) is 6.54 Å². The van der Waals surface area contributed by atoms with Gasteiger partial charge in [0.05, 0.1) is 7.11 Å². The average molecular weight is 298 g/mol. The minimum absolute atomic E-state index is 0.00565. The van der Waals surface area contributed by atoms with Gasteiger partial charge in [-0.05, 0) is 24.5 Å². The van der Waals surface area contributed by atoms with E-state index in [2.05, 4.69) is 22.4 Å². The molecule has 0 aliphatic heterocycles. The first-order chi connectivity index (χ1) is 10.7. The maximum absolute atomic E-state index is 12.3. The number of carbonyl (C=O) groups excluding carboxylic acids is 1. The predicted molar refractivity (Wildman–Crippen MR) is 83.3 cm³/mol. The number of aromatic amines is 1. The van der Waals surface area contributed by atoms with E-state index in [-0.39, 0.29) is 16.7 Å². The number of carbonyl (C=O) groups is 1. The molecule has 0 saturated heterocycles. The summed E-state index contributed by atoms with van der Waals surface area (Å²) in [6.07, 6.45) is 3.55. The van der Waals surface area contributed by atoms with Crippen LogP contribution in [0.25, 0.3) is 0 Å². The second-order valence-corrected chi connectivity index (χ2v) is 5.58. The number of ether oxygens (including phenoxy) is 1. The standard InChI is InChI=1S/C17H18N2O3/c1-22-13-7-10-18-15(20)14(13)16(21)19-11-17(8-9-17)12-5-3-2-4-6-12/h2-7,10H,8-9,11H2,1H3,(H,18,20)(H,19,21). The fraction of sp³-hybridized carbons (Fsp3) is 0.294. The quantitative estimate of drug-likeness (QED) is 0.885. The van der Waals surface area contributed by atoms with Crippen LogP contribution in [0.1, 0.15) is 28.8 Å². The van der Waals surface area contributed by atoms with Gasteiger partial charge in [0.15, 0.2) is 0 Å². The first-order valence-electron chi connectivity index (χ1n) is 7.26. The highest BCUT2D eigenvalue weighted by atomic mass is 16.5. The summed E-state index contributed by atoms with van der Waals surface area (Å²) < 4.78 is 5.10. The number of hydrogen-bond donors (Lipinski definition) is 2. The van der Waals surface area contributed by atoms with E-state index in [9.17, 15) is 9.59 Å². The molecule has 22 heavy (non-hydrogen) atoms. The number of rotatable bonds is 5. The van der Waals surface area contributed by atoms with E-state index in [1.165, 1.54) is 18.9 Å². The molecule has 5 heteroatoms. The van der Waals surface area contributed by atoms with Crippen molar-refractivity contribution >= 4 is 5.91 Å². The van der Waals surface area contributed by atoms with Crippen LogP contribution in [0.5, 0.6) is 5.75 Å². The molecule has 114 valence electrons.